The van der Waals surface area contributed by atoms with Gasteiger partial charge in [0.1, 0.15) is 0 Å². The molecular formula is C14H19F2NO2. The maximum atomic E-state index is 13.2. The van der Waals surface area contributed by atoms with Gasteiger partial charge >= 0.3 is 0 Å². The van der Waals surface area contributed by atoms with Gasteiger partial charge in [0.05, 0.1) is 19.3 Å². The van der Waals surface area contributed by atoms with E-state index < -0.39 is 17.4 Å². The first-order valence-electron chi connectivity index (χ1n) is 6.36. The van der Waals surface area contributed by atoms with Crippen molar-refractivity contribution in [3.63, 3.8) is 0 Å². The molecule has 5 heteroatoms. The van der Waals surface area contributed by atoms with Gasteiger partial charge in [-0.25, -0.2) is 8.78 Å². The summed E-state index contributed by atoms with van der Waals surface area (Å²) in [5.41, 5.74) is 0.698. The Morgan fingerprint density at radius 2 is 1.84 bits per heavy atom. The van der Waals surface area contributed by atoms with E-state index in [1.165, 1.54) is 6.07 Å². The minimum Gasteiger partial charge on any atom is -0.349 e. The number of nitrogens with one attached hydrogen (secondary N) is 1. The summed E-state index contributed by atoms with van der Waals surface area (Å²) >= 11 is 0. The molecule has 0 amide bonds. The van der Waals surface area contributed by atoms with Gasteiger partial charge in [-0.15, -0.1) is 0 Å². The van der Waals surface area contributed by atoms with Crippen molar-refractivity contribution in [3.8, 4) is 0 Å². The second-order valence-corrected chi connectivity index (χ2v) is 5.28. The SMILES string of the molecule is CC(NC1COC(C)(C)OC1)c1ccc(F)c(F)c1. The summed E-state index contributed by atoms with van der Waals surface area (Å²) in [5.74, 6) is -2.21. The van der Waals surface area contributed by atoms with Gasteiger partial charge in [-0.05, 0) is 38.5 Å². The molecule has 0 radical (unpaired) electrons. The molecule has 0 bridgehead atoms. The monoisotopic (exact) mass is 271 g/mol. The zero-order valence-electron chi connectivity index (χ0n) is 11.4. The average Bonchev–Trinajstić information content (AvgIpc) is 2.35. The Labute approximate surface area is 111 Å². The zero-order chi connectivity index (χ0) is 14.0. The minimum atomic E-state index is -0.831. The topological polar surface area (TPSA) is 30.5 Å². The van der Waals surface area contributed by atoms with E-state index in [-0.39, 0.29) is 12.1 Å². The van der Waals surface area contributed by atoms with Crippen LogP contribution in [0.3, 0.4) is 0 Å². The van der Waals surface area contributed by atoms with E-state index in [0.717, 1.165) is 6.07 Å². The molecule has 1 heterocycles. The van der Waals surface area contributed by atoms with E-state index in [9.17, 15) is 8.78 Å². The molecule has 1 aromatic carbocycles. The molecule has 0 aromatic heterocycles. The van der Waals surface area contributed by atoms with E-state index in [1.54, 1.807) is 6.07 Å². The Morgan fingerprint density at radius 3 is 2.42 bits per heavy atom. The van der Waals surface area contributed by atoms with Crippen LogP contribution >= 0.6 is 0 Å². The largest absolute Gasteiger partial charge is 0.349 e. The fourth-order valence-corrected chi connectivity index (χ4v) is 2.02. The number of hydrogen-bond donors (Lipinski definition) is 1. The molecule has 1 unspecified atom stereocenters. The van der Waals surface area contributed by atoms with Gasteiger partial charge in [0, 0.05) is 6.04 Å². The average molecular weight is 271 g/mol. The van der Waals surface area contributed by atoms with Crippen molar-refractivity contribution in [3.05, 3.63) is 35.4 Å². The van der Waals surface area contributed by atoms with Crippen LogP contribution in [0, 0.1) is 11.6 Å². The quantitative estimate of drug-likeness (QED) is 0.917. The Kier molecular flexibility index (Phi) is 4.18. The first-order valence-corrected chi connectivity index (χ1v) is 6.36. The Hall–Kier alpha value is -1.04. The molecule has 0 saturated carbocycles. The van der Waals surface area contributed by atoms with Crippen LogP contribution in [0.4, 0.5) is 8.78 Å². The Morgan fingerprint density at radius 1 is 1.21 bits per heavy atom. The molecule has 19 heavy (non-hydrogen) atoms. The third kappa shape index (κ3) is 3.72. The summed E-state index contributed by atoms with van der Waals surface area (Å²) in [7, 11) is 0. The van der Waals surface area contributed by atoms with Crippen molar-refractivity contribution in [1.82, 2.24) is 5.32 Å². The lowest BCUT2D eigenvalue weighted by atomic mass is 10.1. The predicted molar refractivity (Wildman–Crippen MR) is 67.7 cm³/mol. The molecule has 106 valence electrons. The van der Waals surface area contributed by atoms with Crippen molar-refractivity contribution in [2.45, 2.75) is 38.6 Å². The van der Waals surface area contributed by atoms with E-state index in [0.29, 0.717) is 18.8 Å². The summed E-state index contributed by atoms with van der Waals surface area (Å²) < 4.78 is 37.1. The third-order valence-electron chi connectivity index (χ3n) is 3.19. The number of ether oxygens (including phenoxy) is 2. The molecule has 1 fully saturated rings. The summed E-state index contributed by atoms with van der Waals surface area (Å²) in [6.45, 7) is 6.68. The van der Waals surface area contributed by atoms with E-state index in [1.807, 2.05) is 20.8 Å². The lowest BCUT2D eigenvalue weighted by Crippen LogP contribution is -2.49. The molecule has 3 nitrogen and oxygen atoms in total. The highest BCUT2D eigenvalue weighted by Crippen LogP contribution is 2.20. The zero-order valence-corrected chi connectivity index (χ0v) is 11.4. The second kappa shape index (κ2) is 5.53. The normalized spacial score (nSPS) is 21.3. The van der Waals surface area contributed by atoms with Crippen LogP contribution < -0.4 is 5.32 Å². The number of benzene rings is 1. The van der Waals surface area contributed by atoms with Crippen LogP contribution in [0.25, 0.3) is 0 Å². The summed E-state index contributed by atoms with van der Waals surface area (Å²) in [6, 6.07) is 3.86. The van der Waals surface area contributed by atoms with Crippen molar-refractivity contribution >= 4 is 0 Å². The predicted octanol–water partition coefficient (Wildman–Crippen LogP) is 2.77. The molecular weight excluding hydrogens is 252 g/mol. The van der Waals surface area contributed by atoms with Gasteiger partial charge in [0.25, 0.3) is 0 Å². The minimum absolute atomic E-state index is 0.0381. The highest BCUT2D eigenvalue weighted by Gasteiger charge is 2.28. The lowest BCUT2D eigenvalue weighted by Gasteiger charge is -2.36. The second-order valence-electron chi connectivity index (χ2n) is 5.28. The fourth-order valence-electron chi connectivity index (χ4n) is 2.02. The molecule has 0 aliphatic carbocycles. The van der Waals surface area contributed by atoms with Gasteiger partial charge in [-0.2, -0.15) is 0 Å². The summed E-state index contributed by atoms with van der Waals surface area (Å²) in [5, 5.41) is 3.28. The van der Waals surface area contributed by atoms with E-state index in [2.05, 4.69) is 5.32 Å². The molecule has 1 aliphatic rings. The van der Waals surface area contributed by atoms with Gasteiger partial charge in [0.15, 0.2) is 17.4 Å². The summed E-state index contributed by atoms with van der Waals surface area (Å²) in [4.78, 5) is 0. The van der Waals surface area contributed by atoms with Crippen molar-refractivity contribution in [2.75, 3.05) is 13.2 Å². The third-order valence-corrected chi connectivity index (χ3v) is 3.19. The highest BCUT2D eigenvalue weighted by atomic mass is 19.2. The standard InChI is InChI=1S/C14H19F2NO2/c1-9(10-4-5-12(15)13(16)6-10)17-11-7-18-14(2,3)19-8-11/h4-6,9,11,17H,7-8H2,1-3H3. The molecule has 0 spiro atoms. The molecule has 2 rings (SSSR count). The van der Waals surface area contributed by atoms with Gasteiger partial charge in [-0.3, -0.25) is 0 Å². The van der Waals surface area contributed by atoms with Crippen LogP contribution in [-0.4, -0.2) is 25.0 Å². The van der Waals surface area contributed by atoms with E-state index >= 15 is 0 Å². The van der Waals surface area contributed by atoms with Crippen LogP contribution in [0.5, 0.6) is 0 Å². The highest BCUT2D eigenvalue weighted by molar-refractivity contribution is 5.20. The number of rotatable bonds is 3. The van der Waals surface area contributed by atoms with Crippen molar-refractivity contribution in [1.29, 1.82) is 0 Å². The van der Waals surface area contributed by atoms with Crippen molar-refractivity contribution < 1.29 is 18.3 Å². The van der Waals surface area contributed by atoms with Crippen LogP contribution in [0.1, 0.15) is 32.4 Å². The van der Waals surface area contributed by atoms with Gasteiger partial charge < -0.3 is 14.8 Å². The number of hydrogen-bond acceptors (Lipinski definition) is 3. The first-order chi connectivity index (χ1) is 8.87. The fraction of sp³-hybridized carbons (Fsp3) is 0.571. The Balaban J connectivity index is 1.94. The molecule has 1 saturated heterocycles. The van der Waals surface area contributed by atoms with E-state index in [4.69, 9.17) is 9.47 Å². The molecule has 1 aromatic rings. The molecule has 1 aliphatic heterocycles. The van der Waals surface area contributed by atoms with Crippen LogP contribution in [0.2, 0.25) is 0 Å². The van der Waals surface area contributed by atoms with Crippen molar-refractivity contribution in [2.24, 2.45) is 0 Å². The van der Waals surface area contributed by atoms with Gasteiger partial charge in [0.2, 0.25) is 0 Å². The van der Waals surface area contributed by atoms with Gasteiger partial charge in [-0.1, -0.05) is 6.07 Å². The molecule has 1 N–H and O–H groups in total. The molecule has 1 atom stereocenters. The lowest BCUT2D eigenvalue weighted by molar-refractivity contribution is -0.253. The first kappa shape index (κ1) is 14.4. The van der Waals surface area contributed by atoms with Crippen LogP contribution in [-0.2, 0) is 9.47 Å². The maximum absolute atomic E-state index is 13.2. The smallest absolute Gasteiger partial charge is 0.162 e. The van der Waals surface area contributed by atoms with Crippen LogP contribution in [0.15, 0.2) is 18.2 Å². The number of halogens is 2. The summed E-state index contributed by atoms with van der Waals surface area (Å²) in [6.07, 6.45) is 0. The Bertz CT molecular complexity index is 441. The maximum Gasteiger partial charge on any atom is 0.162 e.